The van der Waals surface area contributed by atoms with E-state index in [0.717, 1.165) is 0 Å². The van der Waals surface area contributed by atoms with Gasteiger partial charge in [-0.15, -0.1) is 0 Å². The van der Waals surface area contributed by atoms with Crippen LogP contribution in [0, 0.1) is 5.92 Å². The quantitative estimate of drug-likeness (QED) is 0.596. The Labute approximate surface area is 191 Å². The summed E-state index contributed by atoms with van der Waals surface area (Å²) in [4.78, 5) is 28.9. The van der Waals surface area contributed by atoms with Crippen molar-refractivity contribution >= 4 is 17.8 Å². The molecule has 176 valence electrons. The fourth-order valence-electron chi connectivity index (χ4n) is 3.24. The van der Waals surface area contributed by atoms with Crippen LogP contribution in [0.2, 0.25) is 0 Å². The number of aromatic nitrogens is 2. The highest BCUT2D eigenvalue weighted by molar-refractivity contribution is 5.97. The molecule has 33 heavy (non-hydrogen) atoms. The van der Waals surface area contributed by atoms with Gasteiger partial charge in [0.1, 0.15) is 35.9 Å². The molecule has 9 nitrogen and oxygen atoms in total. The van der Waals surface area contributed by atoms with E-state index in [4.69, 9.17) is 9.47 Å². The normalized spacial score (nSPS) is 26.1. The third-order valence-electron chi connectivity index (χ3n) is 5.43. The second-order valence-corrected chi connectivity index (χ2v) is 7.94. The van der Waals surface area contributed by atoms with Gasteiger partial charge in [0.25, 0.3) is 0 Å². The summed E-state index contributed by atoms with van der Waals surface area (Å²) in [6.45, 7) is 4.25. The highest BCUT2D eigenvalue weighted by Gasteiger charge is 2.25. The van der Waals surface area contributed by atoms with Crippen molar-refractivity contribution in [2.24, 2.45) is 5.92 Å². The molecule has 0 saturated heterocycles. The van der Waals surface area contributed by atoms with Crippen LogP contribution < -0.4 is 4.74 Å². The number of nitrogens with zero attached hydrogens (tertiary/aromatic N) is 2. The minimum absolute atomic E-state index is 0.0422. The molecule has 0 saturated carbocycles. The Morgan fingerprint density at radius 3 is 2.73 bits per heavy atom. The number of ketones is 1. The van der Waals surface area contributed by atoms with Crippen molar-refractivity contribution in [2.45, 2.75) is 45.1 Å². The lowest BCUT2D eigenvalue weighted by molar-refractivity contribution is -0.127. The zero-order chi connectivity index (χ0) is 24.0. The van der Waals surface area contributed by atoms with Crippen molar-refractivity contribution in [3.8, 4) is 11.5 Å². The number of aromatic hydroxyl groups is 1. The zero-order valence-electron chi connectivity index (χ0n) is 18.5. The van der Waals surface area contributed by atoms with Crippen LogP contribution in [-0.4, -0.2) is 61.5 Å². The summed E-state index contributed by atoms with van der Waals surface area (Å²) in [6.07, 6.45) is 7.24. The van der Waals surface area contributed by atoms with Crippen molar-refractivity contribution in [3.63, 3.8) is 0 Å². The Morgan fingerprint density at radius 1 is 1.21 bits per heavy atom. The molecule has 2 aromatic rings. The zero-order valence-corrected chi connectivity index (χ0v) is 18.5. The molecule has 0 fully saturated rings. The van der Waals surface area contributed by atoms with E-state index >= 15 is 0 Å². The summed E-state index contributed by atoms with van der Waals surface area (Å²) < 4.78 is 13.1. The molecule has 0 spiro atoms. The average Bonchev–Trinajstić information content (AvgIpc) is 3.29. The Kier molecular flexibility index (Phi) is 8.02. The third-order valence-corrected chi connectivity index (χ3v) is 5.43. The first-order valence-corrected chi connectivity index (χ1v) is 10.7. The Bertz CT molecular complexity index is 1030. The third kappa shape index (κ3) is 6.30. The van der Waals surface area contributed by atoms with Gasteiger partial charge in [0.2, 0.25) is 0 Å². The van der Waals surface area contributed by atoms with Gasteiger partial charge in [0.15, 0.2) is 5.78 Å². The number of rotatable bonds is 4. The summed E-state index contributed by atoms with van der Waals surface area (Å²) in [5.74, 6) is -1.68. The summed E-state index contributed by atoms with van der Waals surface area (Å²) >= 11 is 0. The highest BCUT2D eigenvalue weighted by atomic mass is 16.5. The number of phenols is 1. The van der Waals surface area contributed by atoms with Gasteiger partial charge in [-0.05, 0) is 31.1 Å². The van der Waals surface area contributed by atoms with Gasteiger partial charge >= 0.3 is 5.97 Å². The lowest BCUT2D eigenvalue weighted by Gasteiger charge is -2.20. The molecule has 3 N–H and O–H groups in total. The Hall–Kier alpha value is -3.43. The number of imidazole rings is 1. The smallest absolute Gasteiger partial charge is 0.342 e. The van der Waals surface area contributed by atoms with Crippen LogP contribution >= 0.6 is 0 Å². The van der Waals surface area contributed by atoms with Crippen LogP contribution in [0.25, 0.3) is 6.08 Å². The number of aliphatic hydroxyl groups excluding tert-OH is 2. The first-order valence-electron chi connectivity index (χ1n) is 10.7. The highest BCUT2D eigenvalue weighted by Crippen LogP contribution is 2.31. The Morgan fingerprint density at radius 2 is 2.00 bits per heavy atom. The fraction of sp³-hybridized carbons (Fsp3) is 0.375. The van der Waals surface area contributed by atoms with E-state index in [1.165, 1.54) is 30.4 Å². The van der Waals surface area contributed by atoms with Crippen LogP contribution in [0.4, 0.5) is 0 Å². The maximum absolute atomic E-state index is 12.9. The lowest BCUT2D eigenvalue weighted by Crippen LogP contribution is -2.32. The van der Waals surface area contributed by atoms with E-state index in [1.807, 2.05) is 4.57 Å². The SMILES string of the molecule is CC1OC(=O)c2c(O)cc(OCCn3ccnc3)cc2/C=C/CC(O)C(O)C(=O)/C=C\[C@H]1C. The first-order chi connectivity index (χ1) is 15.8. The number of benzene rings is 1. The summed E-state index contributed by atoms with van der Waals surface area (Å²) in [6, 6.07) is 2.92. The predicted octanol–water partition coefficient (Wildman–Crippen LogP) is 2.11. The topological polar surface area (TPSA) is 131 Å². The van der Waals surface area contributed by atoms with Crippen molar-refractivity contribution < 1.29 is 34.4 Å². The maximum Gasteiger partial charge on any atom is 0.342 e. The van der Waals surface area contributed by atoms with Crippen LogP contribution in [-0.2, 0) is 16.1 Å². The van der Waals surface area contributed by atoms with Gasteiger partial charge in [0, 0.05) is 24.4 Å². The van der Waals surface area contributed by atoms with Gasteiger partial charge in [0.05, 0.1) is 19.0 Å². The molecule has 1 aliphatic rings. The Balaban J connectivity index is 1.89. The van der Waals surface area contributed by atoms with Crippen molar-refractivity contribution in [3.05, 3.63) is 60.2 Å². The fourth-order valence-corrected chi connectivity index (χ4v) is 3.24. The molecule has 0 radical (unpaired) electrons. The van der Waals surface area contributed by atoms with Gasteiger partial charge in [-0.2, -0.15) is 0 Å². The summed E-state index contributed by atoms with van der Waals surface area (Å²) in [5.41, 5.74) is 0.275. The molecule has 3 rings (SSSR count). The molecule has 1 aromatic carbocycles. The molecule has 4 atom stereocenters. The standard InChI is InChI=1S/C24H28N2O7/c1-15-6-7-20(28)23(30)19(27)5-3-4-17-12-18(32-11-10-26-9-8-25-14-26)13-21(29)22(17)24(31)33-16(15)2/h3-4,6-9,12-16,19,23,27,29-30H,5,10-11H2,1-2H3/b4-3+,7-6-/t15-,16?,19?,23?/m1/s1. The molecule has 1 aromatic heterocycles. The number of carbonyl (C=O) groups is 2. The molecule has 0 amide bonds. The molecule has 3 unspecified atom stereocenters. The van der Waals surface area contributed by atoms with Crippen molar-refractivity contribution in [1.82, 2.24) is 9.55 Å². The number of fused-ring (bicyclic) bond motifs is 1. The number of hydrogen-bond acceptors (Lipinski definition) is 8. The van der Waals surface area contributed by atoms with Crippen LogP contribution in [0.5, 0.6) is 11.5 Å². The number of esters is 1. The number of carbonyl (C=O) groups excluding carboxylic acids is 2. The molecule has 0 aliphatic carbocycles. The molecule has 2 heterocycles. The number of ether oxygens (including phenoxy) is 2. The van der Waals surface area contributed by atoms with E-state index in [9.17, 15) is 24.9 Å². The van der Waals surface area contributed by atoms with Crippen LogP contribution in [0.15, 0.2) is 49.1 Å². The van der Waals surface area contributed by atoms with Crippen LogP contribution in [0.3, 0.4) is 0 Å². The van der Waals surface area contributed by atoms with Crippen molar-refractivity contribution in [1.29, 1.82) is 0 Å². The molecular weight excluding hydrogens is 428 g/mol. The molecule has 9 heteroatoms. The second-order valence-electron chi connectivity index (χ2n) is 7.94. The predicted molar refractivity (Wildman–Crippen MR) is 120 cm³/mol. The van der Waals surface area contributed by atoms with Gasteiger partial charge in [-0.25, -0.2) is 9.78 Å². The minimum Gasteiger partial charge on any atom is -0.507 e. The minimum atomic E-state index is -1.58. The molecular formula is C24H28N2O7. The second kappa shape index (κ2) is 10.9. The van der Waals surface area contributed by atoms with E-state index in [1.54, 1.807) is 38.6 Å². The van der Waals surface area contributed by atoms with Gasteiger partial charge < -0.3 is 29.4 Å². The summed E-state index contributed by atoms with van der Waals surface area (Å²) in [5, 5.41) is 30.8. The number of aliphatic hydroxyl groups is 2. The molecule has 0 bridgehead atoms. The number of hydrogen-bond donors (Lipinski definition) is 3. The summed E-state index contributed by atoms with van der Waals surface area (Å²) in [7, 11) is 0. The molecule has 1 aliphatic heterocycles. The van der Waals surface area contributed by atoms with E-state index < -0.39 is 30.1 Å². The van der Waals surface area contributed by atoms with Gasteiger partial charge in [-0.1, -0.05) is 25.2 Å². The maximum atomic E-state index is 12.9. The first kappa shape index (κ1) is 24.2. The number of cyclic esters (lactones) is 1. The van der Waals surface area contributed by atoms with E-state index in [2.05, 4.69) is 4.98 Å². The largest absolute Gasteiger partial charge is 0.507 e. The average molecular weight is 456 g/mol. The van der Waals surface area contributed by atoms with E-state index in [0.29, 0.717) is 24.5 Å². The van der Waals surface area contributed by atoms with E-state index in [-0.39, 0.29) is 23.7 Å². The van der Waals surface area contributed by atoms with Gasteiger partial charge in [-0.3, -0.25) is 4.79 Å². The monoisotopic (exact) mass is 456 g/mol. The van der Waals surface area contributed by atoms with Crippen molar-refractivity contribution in [2.75, 3.05) is 6.61 Å². The lowest BCUT2D eigenvalue weighted by atomic mass is 9.99. The number of phenolic OH excluding ortho intramolecular Hbond substituents is 1. The van der Waals surface area contributed by atoms with Crippen LogP contribution in [0.1, 0.15) is 36.2 Å².